The third kappa shape index (κ3) is 3.89. The number of hydrogen-bond acceptors (Lipinski definition) is 3. The second kappa shape index (κ2) is 8.75. The maximum absolute atomic E-state index is 15.0. The maximum Gasteiger partial charge on any atom is 0.174 e. The monoisotopic (exact) mass is 457 g/mol. The normalized spacial score (nSPS) is 17.9. The van der Waals surface area contributed by atoms with Crippen molar-refractivity contribution in [2.75, 3.05) is 4.90 Å². The lowest BCUT2D eigenvalue weighted by Gasteiger charge is -2.28. The number of rotatable bonds is 5. The molecule has 1 aliphatic rings. The summed E-state index contributed by atoms with van der Waals surface area (Å²) in [5, 5.41) is 3.90. The Labute approximate surface area is 197 Å². The van der Waals surface area contributed by atoms with Crippen molar-refractivity contribution in [3.8, 4) is 0 Å². The standard InChI is InChI=1S/C26H24FN5S/c1-17-15-20(18(2)31(17)16-19-10-13-28-14-11-19)25-24(22-8-5-6-12-29-22)30-26(33)32(25)23-9-4-3-7-21(23)27/h3-15,24-25H,16H2,1-2H3,(H,30,33). The topological polar surface area (TPSA) is 46.0 Å². The van der Waals surface area contributed by atoms with Crippen molar-refractivity contribution in [1.29, 1.82) is 0 Å². The molecule has 1 fully saturated rings. The number of nitrogens with zero attached hydrogens (tertiary/aromatic N) is 4. The zero-order valence-corrected chi connectivity index (χ0v) is 19.3. The summed E-state index contributed by atoms with van der Waals surface area (Å²) < 4.78 is 17.2. The summed E-state index contributed by atoms with van der Waals surface area (Å²) in [5.74, 6) is -0.307. The van der Waals surface area contributed by atoms with Gasteiger partial charge in [0.25, 0.3) is 0 Å². The molecule has 1 saturated heterocycles. The minimum absolute atomic E-state index is 0.215. The highest BCUT2D eigenvalue weighted by atomic mass is 32.1. The van der Waals surface area contributed by atoms with Gasteiger partial charge in [-0.05, 0) is 79.7 Å². The minimum atomic E-state index is -0.307. The largest absolute Gasteiger partial charge is 0.351 e. The number of anilines is 1. The van der Waals surface area contributed by atoms with Gasteiger partial charge >= 0.3 is 0 Å². The zero-order chi connectivity index (χ0) is 22.9. The molecular weight excluding hydrogens is 433 g/mol. The molecule has 33 heavy (non-hydrogen) atoms. The van der Waals surface area contributed by atoms with Crippen molar-refractivity contribution in [2.45, 2.75) is 32.5 Å². The van der Waals surface area contributed by atoms with Crippen molar-refractivity contribution < 1.29 is 4.39 Å². The van der Waals surface area contributed by atoms with Gasteiger partial charge in [0.2, 0.25) is 0 Å². The number of thiocarbonyl (C=S) groups is 1. The molecule has 1 aliphatic heterocycles. The molecule has 4 heterocycles. The molecule has 2 atom stereocenters. The Morgan fingerprint density at radius 1 is 1.00 bits per heavy atom. The van der Waals surface area contributed by atoms with Crippen molar-refractivity contribution in [2.24, 2.45) is 0 Å². The summed E-state index contributed by atoms with van der Waals surface area (Å²) in [6.45, 7) is 4.94. The first-order valence-corrected chi connectivity index (χ1v) is 11.3. The van der Waals surface area contributed by atoms with E-state index in [2.05, 4.69) is 39.8 Å². The Morgan fingerprint density at radius 3 is 2.48 bits per heavy atom. The molecule has 0 radical (unpaired) electrons. The van der Waals surface area contributed by atoms with Crippen molar-refractivity contribution in [3.05, 3.63) is 113 Å². The lowest BCUT2D eigenvalue weighted by atomic mass is 9.96. The van der Waals surface area contributed by atoms with Crippen LogP contribution in [-0.4, -0.2) is 19.6 Å². The number of nitrogens with one attached hydrogen (secondary N) is 1. The van der Waals surface area contributed by atoms with Crippen molar-refractivity contribution in [1.82, 2.24) is 19.9 Å². The van der Waals surface area contributed by atoms with E-state index in [1.807, 2.05) is 41.3 Å². The van der Waals surface area contributed by atoms with Crippen LogP contribution in [0.1, 0.15) is 40.3 Å². The highest BCUT2D eigenvalue weighted by Crippen LogP contribution is 2.43. The van der Waals surface area contributed by atoms with Crippen molar-refractivity contribution in [3.63, 3.8) is 0 Å². The van der Waals surface area contributed by atoms with Crippen LogP contribution in [0.4, 0.5) is 10.1 Å². The second-order valence-electron chi connectivity index (χ2n) is 8.22. The summed E-state index contributed by atoms with van der Waals surface area (Å²) in [4.78, 5) is 10.6. The summed E-state index contributed by atoms with van der Waals surface area (Å²) >= 11 is 5.73. The van der Waals surface area contributed by atoms with Gasteiger partial charge in [0.1, 0.15) is 5.82 Å². The van der Waals surface area contributed by atoms with E-state index < -0.39 is 0 Å². The average Bonchev–Trinajstić information content (AvgIpc) is 3.31. The van der Waals surface area contributed by atoms with Gasteiger partial charge in [0.05, 0.1) is 23.5 Å². The van der Waals surface area contributed by atoms with E-state index in [9.17, 15) is 4.39 Å². The highest BCUT2D eigenvalue weighted by molar-refractivity contribution is 7.80. The first kappa shape index (κ1) is 21.3. The Hall–Kier alpha value is -3.58. The molecule has 0 amide bonds. The molecule has 0 aliphatic carbocycles. The van der Waals surface area contributed by atoms with E-state index in [0.29, 0.717) is 10.8 Å². The molecule has 2 unspecified atom stereocenters. The number of halogens is 1. The van der Waals surface area contributed by atoms with Gasteiger partial charge < -0.3 is 14.8 Å². The molecule has 0 saturated carbocycles. The molecular formula is C26H24FN5S. The minimum Gasteiger partial charge on any atom is -0.351 e. The molecule has 4 aromatic rings. The van der Waals surface area contributed by atoms with Gasteiger partial charge in [-0.25, -0.2) is 4.39 Å². The predicted octanol–water partition coefficient (Wildman–Crippen LogP) is 5.26. The lowest BCUT2D eigenvalue weighted by Crippen LogP contribution is -2.30. The van der Waals surface area contributed by atoms with Crippen LogP contribution in [0.25, 0.3) is 0 Å². The van der Waals surface area contributed by atoms with Crippen molar-refractivity contribution >= 4 is 23.0 Å². The molecule has 7 heteroatoms. The number of benzene rings is 1. The predicted molar refractivity (Wildman–Crippen MR) is 132 cm³/mol. The van der Waals surface area contributed by atoms with E-state index in [-0.39, 0.29) is 17.9 Å². The first-order valence-electron chi connectivity index (χ1n) is 10.9. The number of hydrogen-bond donors (Lipinski definition) is 1. The SMILES string of the molecule is Cc1cc(C2C(c3ccccn3)NC(=S)N2c2ccccc2F)c(C)n1Cc1ccncc1. The molecule has 0 bridgehead atoms. The van der Waals surface area contributed by atoms with E-state index in [1.54, 1.807) is 30.7 Å². The van der Waals surface area contributed by atoms with Crippen LogP contribution in [0.2, 0.25) is 0 Å². The number of para-hydroxylation sites is 1. The van der Waals surface area contributed by atoms with Gasteiger partial charge in [0.15, 0.2) is 5.11 Å². The smallest absolute Gasteiger partial charge is 0.174 e. The Bertz CT molecular complexity index is 1290. The van der Waals surface area contributed by atoms with Gasteiger partial charge in [0, 0.05) is 36.5 Å². The number of aromatic nitrogens is 3. The summed E-state index contributed by atoms with van der Waals surface area (Å²) in [6, 6.07) is 18.4. The Kier molecular flexibility index (Phi) is 5.64. The van der Waals surface area contributed by atoms with Crippen LogP contribution in [0, 0.1) is 19.7 Å². The summed E-state index contributed by atoms with van der Waals surface area (Å²) in [6.07, 6.45) is 5.39. The van der Waals surface area contributed by atoms with Crippen LogP contribution in [-0.2, 0) is 6.54 Å². The van der Waals surface area contributed by atoms with E-state index >= 15 is 0 Å². The second-order valence-corrected chi connectivity index (χ2v) is 8.60. The van der Waals surface area contributed by atoms with E-state index in [0.717, 1.165) is 29.2 Å². The highest BCUT2D eigenvalue weighted by Gasteiger charge is 2.43. The summed E-state index contributed by atoms with van der Waals surface area (Å²) in [7, 11) is 0. The number of aryl methyl sites for hydroxylation is 1. The molecule has 5 rings (SSSR count). The molecule has 166 valence electrons. The third-order valence-electron chi connectivity index (χ3n) is 6.23. The van der Waals surface area contributed by atoms with Crippen LogP contribution in [0.3, 0.4) is 0 Å². The average molecular weight is 458 g/mol. The molecule has 1 N–H and O–H groups in total. The van der Waals surface area contributed by atoms with Crippen LogP contribution in [0.5, 0.6) is 0 Å². The van der Waals surface area contributed by atoms with Gasteiger partial charge in [-0.1, -0.05) is 18.2 Å². The fourth-order valence-electron chi connectivity index (χ4n) is 4.62. The molecule has 0 spiro atoms. The fourth-order valence-corrected chi connectivity index (χ4v) is 4.96. The van der Waals surface area contributed by atoms with Gasteiger partial charge in [-0.3, -0.25) is 9.97 Å². The van der Waals surface area contributed by atoms with E-state index in [4.69, 9.17) is 12.2 Å². The third-order valence-corrected chi connectivity index (χ3v) is 6.55. The van der Waals surface area contributed by atoms with Crippen LogP contribution < -0.4 is 10.2 Å². The molecule has 5 nitrogen and oxygen atoms in total. The van der Waals surface area contributed by atoms with Gasteiger partial charge in [-0.15, -0.1) is 0 Å². The molecule has 1 aromatic carbocycles. The summed E-state index contributed by atoms with van der Waals surface area (Å²) in [5.41, 5.74) is 5.83. The number of pyridine rings is 2. The van der Waals surface area contributed by atoms with Crippen LogP contribution in [0.15, 0.2) is 79.3 Å². The van der Waals surface area contributed by atoms with E-state index in [1.165, 1.54) is 11.6 Å². The lowest BCUT2D eigenvalue weighted by molar-refractivity contribution is 0.554. The fraction of sp³-hybridized carbons (Fsp3) is 0.192. The quantitative estimate of drug-likeness (QED) is 0.414. The maximum atomic E-state index is 15.0. The Balaban J connectivity index is 1.64. The van der Waals surface area contributed by atoms with Gasteiger partial charge in [-0.2, -0.15) is 0 Å². The molecule has 3 aromatic heterocycles. The first-order chi connectivity index (χ1) is 16.0. The Morgan fingerprint density at radius 2 is 1.76 bits per heavy atom. The zero-order valence-electron chi connectivity index (χ0n) is 18.4. The van der Waals surface area contributed by atoms with Crippen LogP contribution >= 0.6 is 12.2 Å².